The number of phenols is 1. The predicted octanol–water partition coefficient (Wildman–Crippen LogP) is 4.98. The molecule has 1 amide bonds. The molecule has 2 aliphatic rings. The van der Waals surface area contributed by atoms with Gasteiger partial charge in [-0.15, -0.1) is 0 Å². The fourth-order valence-corrected chi connectivity index (χ4v) is 6.53. The number of amides is 1. The van der Waals surface area contributed by atoms with Gasteiger partial charge in [-0.25, -0.2) is 14.8 Å². The maximum atomic E-state index is 13.6. The zero-order valence-corrected chi connectivity index (χ0v) is 27.9. The number of phenolic OH excluding ortho intramolecular Hbond substituents is 1. The molecule has 2 aromatic carbocycles. The highest BCUT2D eigenvalue weighted by Gasteiger charge is 2.34. The molecule has 1 aromatic heterocycles. The van der Waals surface area contributed by atoms with Gasteiger partial charge in [0.2, 0.25) is 0 Å². The number of methoxy groups -OCH3 is 1. The van der Waals surface area contributed by atoms with E-state index in [1.807, 2.05) is 6.92 Å². The number of halogens is 1. The number of carbonyl (C=O) groups excluding carboxylic acids is 2. The summed E-state index contributed by atoms with van der Waals surface area (Å²) in [6.45, 7) is 5.86. The highest BCUT2D eigenvalue weighted by Crippen LogP contribution is 2.41. The number of allylic oxidation sites excluding steroid dienone is 1. The van der Waals surface area contributed by atoms with Gasteiger partial charge in [0, 0.05) is 42.8 Å². The van der Waals surface area contributed by atoms with E-state index in [9.17, 15) is 19.8 Å². The molecular weight excluding hydrogens is 642 g/mol. The van der Waals surface area contributed by atoms with Crippen molar-refractivity contribution in [3.8, 4) is 11.5 Å². The third-order valence-electron chi connectivity index (χ3n) is 8.72. The van der Waals surface area contributed by atoms with Gasteiger partial charge in [0.25, 0.3) is 5.91 Å². The summed E-state index contributed by atoms with van der Waals surface area (Å²) in [4.78, 5) is 38.8. The van der Waals surface area contributed by atoms with Crippen LogP contribution in [0.2, 0.25) is 5.02 Å². The second-order valence-corrected chi connectivity index (χ2v) is 13.1. The molecule has 0 spiro atoms. The Kier molecular flexibility index (Phi) is 9.73. The number of hydrogen-bond donors (Lipinski definition) is 5. The number of aliphatic hydroxyl groups is 1. The second kappa shape index (κ2) is 13.6. The Morgan fingerprint density at radius 3 is 2.60 bits per heavy atom. The fourth-order valence-electron chi connectivity index (χ4n) is 5.43. The highest BCUT2D eigenvalue weighted by atomic mass is 35.5. The van der Waals surface area contributed by atoms with E-state index < -0.39 is 11.7 Å². The molecule has 14 heteroatoms. The van der Waals surface area contributed by atoms with Crippen LogP contribution in [0.5, 0.6) is 11.5 Å². The van der Waals surface area contributed by atoms with Gasteiger partial charge < -0.3 is 41.5 Å². The Balaban J connectivity index is 1.36. The van der Waals surface area contributed by atoms with Crippen molar-refractivity contribution in [1.82, 2.24) is 14.9 Å². The van der Waals surface area contributed by atoms with Crippen molar-refractivity contribution in [3.05, 3.63) is 76.4 Å². The number of aliphatic hydroxyl groups excluding tert-OH is 1. The van der Waals surface area contributed by atoms with Crippen molar-refractivity contribution in [1.29, 1.82) is 0 Å². The van der Waals surface area contributed by atoms with Gasteiger partial charge in [0.1, 0.15) is 27.9 Å². The minimum absolute atomic E-state index is 0.0790. The van der Waals surface area contributed by atoms with E-state index in [1.54, 1.807) is 43.5 Å². The largest absolute Gasteiger partial charge is 0.506 e. The van der Waals surface area contributed by atoms with E-state index in [1.165, 1.54) is 42.1 Å². The molecule has 0 radical (unpaired) electrons. The Bertz CT molecular complexity index is 1830. The Hall–Kier alpha value is -4.68. The van der Waals surface area contributed by atoms with Gasteiger partial charge in [-0.1, -0.05) is 42.4 Å². The Morgan fingerprint density at radius 1 is 1.23 bits per heavy atom. The lowest BCUT2D eigenvalue weighted by Crippen LogP contribution is -2.47. The quantitative estimate of drug-likeness (QED) is 0.202. The number of aromatic nitrogens is 2. The summed E-state index contributed by atoms with van der Waals surface area (Å²) in [5.74, 6) is 1.47. The van der Waals surface area contributed by atoms with Crippen LogP contribution < -0.4 is 26.4 Å². The monoisotopic (exact) mass is 677 g/mol. The molecule has 246 valence electrons. The van der Waals surface area contributed by atoms with Crippen molar-refractivity contribution in [3.63, 3.8) is 0 Å². The van der Waals surface area contributed by atoms with Crippen LogP contribution >= 0.6 is 23.4 Å². The first kappa shape index (κ1) is 33.7. The van der Waals surface area contributed by atoms with Gasteiger partial charge in [0.15, 0.2) is 23.3 Å². The Labute approximate surface area is 281 Å². The molecule has 1 atom stereocenters. The zero-order valence-electron chi connectivity index (χ0n) is 26.4. The van der Waals surface area contributed by atoms with Gasteiger partial charge in [0.05, 0.1) is 24.0 Å². The summed E-state index contributed by atoms with van der Waals surface area (Å²) in [5, 5.41) is 24.6. The van der Waals surface area contributed by atoms with Crippen LogP contribution in [-0.2, 0) is 9.59 Å². The van der Waals surface area contributed by atoms with Crippen molar-refractivity contribution in [2.24, 2.45) is 11.1 Å². The van der Waals surface area contributed by atoms with Gasteiger partial charge in [-0.05, 0) is 55.0 Å². The van der Waals surface area contributed by atoms with E-state index in [0.717, 1.165) is 25.9 Å². The molecule has 7 N–H and O–H groups in total. The van der Waals surface area contributed by atoms with Crippen molar-refractivity contribution >= 4 is 58.1 Å². The Morgan fingerprint density at radius 2 is 1.96 bits per heavy atom. The first-order valence-electron chi connectivity index (χ1n) is 14.8. The van der Waals surface area contributed by atoms with E-state index in [4.69, 9.17) is 27.8 Å². The van der Waals surface area contributed by atoms with Crippen LogP contribution in [0.3, 0.4) is 0 Å². The van der Waals surface area contributed by atoms with Crippen LogP contribution in [0.25, 0.3) is 5.57 Å². The fraction of sp³-hybridized carbons (Fsp3) is 0.303. The molecule has 12 nitrogen and oxygen atoms in total. The summed E-state index contributed by atoms with van der Waals surface area (Å²) >= 11 is 7.93. The number of anilines is 3. The van der Waals surface area contributed by atoms with Crippen molar-refractivity contribution in [2.75, 3.05) is 43.2 Å². The number of benzene rings is 2. The number of aromatic hydroxyl groups is 1. The summed E-state index contributed by atoms with van der Waals surface area (Å²) < 4.78 is 5.18. The zero-order chi connectivity index (χ0) is 34.0. The first-order valence-corrected chi connectivity index (χ1v) is 16.0. The minimum atomic E-state index is -0.793. The lowest BCUT2D eigenvalue weighted by atomic mass is 9.75. The lowest BCUT2D eigenvalue weighted by molar-refractivity contribution is -0.112. The molecule has 1 saturated heterocycles. The molecule has 0 bridgehead atoms. The number of nitrogen functional groups attached to an aromatic ring is 1. The summed E-state index contributed by atoms with van der Waals surface area (Å²) in [6.07, 6.45) is 5.04. The van der Waals surface area contributed by atoms with E-state index in [2.05, 4.69) is 27.1 Å². The van der Waals surface area contributed by atoms with Crippen LogP contribution in [0.1, 0.15) is 32.3 Å². The van der Waals surface area contributed by atoms with Crippen LogP contribution in [0.15, 0.2) is 75.7 Å². The number of likely N-dealkylation sites (N-methyl/N-ethyl adjacent to an activating group) is 1. The topological polar surface area (TPSA) is 180 Å². The number of rotatable bonds is 8. The minimum Gasteiger partial charge on any atom is -0.506 e. The smallest absolute Gasteiger partial charge is 0.262 e. The molecule has 3 heterocycles. The highest BCUT2D eigenvalue weighted by molar-refractivity contribution is 7.99. The first-order chi connectivity index (χ1) is 22.4. The maximum absolute atomic E-state index is 13.6. The number of carbonyl (C=O) groups is 1. The number of nitrogens with zero attached hydrogens (tertiary/aromatic N) is 4. The molecule has 5 rings (SSSR count). The van der Waals surface area contributed by atoms with Crippen LogP contribution in [0.4, 0.5) is 17.3 Å². The molecule has 2 aliphatic heterocycles. The molecule has 0 aliphatic carbocycles. The SMILES string of the molecule is COc1cc(C2=CN(C)C(=C=O)C(C(=O)Nc3cccc(Sc4ncc(N5CCC(C)(C(C)N)CC5)nc4N)c3Cl)=C2O)ccc1O. The third-order valence-corrected chi connectivity index (χ3v) is 10.3. The van der Waals surface area contributed by atoms with Crippen molar-refractivity contribution in [2.45, 2.75) is 42.7 Å². The lowest BCUT2D eigenvalue weighted by Gasteiger charge is -2.42. The molecule has 3 aromatic rings. The van der Waals surface area contributed by atoms with Crippen molar-refractivity contribution < 1.29 is 24.5 Å². The predicted molar refractivity (Wildman–Crippen MR) is 183 cm³/mol. The maximum Gasteiger partial charge on any atom is 0.262 e. The summed E-state index contributed by atoms with van der Waals surface area (Å²) in [6, 6.07) is 9.57. The average Bonchev–Trinajstić information content (AvgIpc) is 3.05. The normalized spacial score (nSPS) is 16.8. The summed E-state index contributed by atoms with van der Waals surface area (Å²) in [5.41, 5.74) is 13.0. The van der Waals surface area contributed by atoms with Crippen LogP contribution in [-0.4, -0.2) is 70.2 Å². The second-order valence-electron chi connectivity index (χ2n) is 11.7. The number of hydrogen-bond acceptors (Lipinski definition) is 12. The van der Waals surface area contributed by atoms with Gasteiger partial charge >= 0.3 is 0 Å². The molecule has 0 saturated carbocycles. The van der Waals surface area contributed by atoms with Gasteiger partial charge in [-0.2, -0.15) is 0 Å². The molecule has 1 fully saturated rings. The molecular formula is C33H36ClN7O5S. The average molecular weight is 678 g/mol. The van der Waals surface area contributed by atoms with E-state index >= 15 is 0 Å². The molecule has 47 heavy (non-hydrogen) atoms. The van der Waals surface area contributed by atoms with E-state index in [0.29, 0.717) is 21.3 Å². The number of ether oxygens (including phenoxy) is 1. The van der Waals surface area contributed by atoms with Gasteiger partial charge in [-0.3, -0.25) is 4.79 Å². The standard InChI is InChI=1S/C33H36ClN7O5S/c1-18(35)33(2)10-12-41(13-11-33)26-15-37-32(30(36)39-26)47-25-7-5-6-21(28(25)34)38-31(45)27-22(17-42)40(3)16-20(29(27)44)19-8-9-23(43)24(14-19)46-4/h5-9,14-16,18,43-44H,10-13,35H2,1-4H3,(H2,36,39)(H,38,45). The number of nitrogens with two attached hydrogens (primary N) is 2. The van der Waals surface area contributed by atoms with Crippen LogP contribution in [0, 0.1) is 5.41 Å². The van der Waals surface area contributed by atoms with E-state index in [-0.39, 0.29) is 56.3 Å². The molecule has 1 unspecified atom stereocenters. The number of piperidine rings is 1. The third kappa shape index (κ3) is 6.75. The number of nitrogens with one attached hydrogen (secondary N) is 1. The summed E-state index contributed by atoms with van der Waals surface area (Å²) in [7, 11) is 2.93.